The Morgan fingerprint density at radius 3 is 2.62 bits per heavy atom. The number of nitrogens with one attached hydrogen (secondary N) is 3. The lowest BCUT2D eigenvalue weighted by molar-refractivity contribution is -0.134. The highest BCUT2D eigenvalue weighted by Crippen LogP contribution is 2.32. The molecule has 192 valence electrons. The van der Waals surface area contributed by atoms with Crippen molar-refractivity contribution in [3.63, 3.8) is 0 Å². The van der Waals surface area contributed by atoms with Gasteiger partial charge in [0.05, 0.1) is 17.8 Å². The van der Waals surface area contributed by atoms with Crippen LogP contribution in [0, 0.1) is 0 Å². The van der Waals surface area contributed by atoms with Crippen molar-refractivity contribution in [2.24, 2.45) is 0 Å². The summed E-state index contributed by atoms with van der Waals surface area (Å²) in [6.07, 6.45) is 5.19. The molecule has 4 aromatic rings. The van der Waals surface area contributed by atoms with Crippen LogP contribution in [0.4, 0.5) is 10.7 Å². The SMILES string of the molecule is C.CCNC(=O)Nc1nc2c(-c3ncccn3)cc(-c3ccc(CN4CCN(C)C(=O)C4)nc3)cc2[nH]1. The number of piperazine rings is 1. The maximum absolute atomic E-state index is 12.0. The van der Waals surface area contributed by atoms with Crippen molar-refractivity contribution in [2.45, 2.75) is 20.9 Å². The maximum atomic E-state index is 12.0. The minimum Gasteiger partial charge on any atom is -0.343 e. The third kappa shape index (κ3) is 5.72. The molecule has 5 rings (SSSR count). The van der Waals surface area contributed by atoms with Gasteiger partial charge in [0.1, 0.15) is 5.52 Å². The zero-order chi connectivity index (χ0) is 25.1. The lowest BCUT2D eigenvalue weighted by Crippen LogP contribution is -2.48. The number of nitrogens with zero attached hydrogens (tertiary/aromatic N) is 6. The lowest BCUT2D eigenvalue weighted by Gasteiger charge is -2.31. The number of carbonyl (C=O) groups is 2. The van der Waals surface area contributed by atoms with Crippen LogP contribution >= 0.6 is 0 Å². The second-order valence-corrected chi connectivity index (χ2v) is 8.63. The molecule has 1 fully saturated rings. The second-order valence-electron chi connectivity index (χ2n) is 8.63. The van der Waals surface area contributed by atoms with Crippen molar-refractivity contribution in [1.29, 1.82) is 0 Å². The molecule has 0 saturated carbocycles. The Morgan fingerprint density at radius 1 is 1.11 bits per heavy atom. The van der Waals surface area contributed by atoms with Crippen LogP contribution < -0.4 is 10.6 Å². The number of rotatable bonds is 6. The number of likely N-dealkylation sites (N-methyl/N-ethyl adjacent to an activating group) is 1. The number of benzene rings is 1. The van der Waals surface area contributed by atoms with E-state index in [1.165, 1.54) is 0 Å². The first kappa shape index (κ1) is 25.7. The molecule has 1 aliphatic rings. The molecule has 0 unspecified atom stereocenters. The number of hydrogen-bond donors (Lipinski definition) is 3. The minimum absolute atomic E-state index is 0. The Balaban J connectivity index is 0.00000320. The third-order valence-electron chi connectivity index (χ3n) is 6.04. The van der Waals surface area contributed by atoms with Crippen molar-refractivity contribution in [1.82, 2.24) is 40.0 Å². The molecule has 1 aromatic carbocycles. The largest absolute Gasteiger partial charge is 0.343 e. The number of amides is 3. The molecular formula is C26H31N9O2. The van der Waals surface area contributed by atoms with E-state index >= 15 is 0 Å². The molecule has 0 spiro atoms. The van der Waals surface area contributed by atoms with E-state index in [9.17, 15) is 9.59 Å². The maximum Gasteiger partial charge on any atom is 0.321 e. The third-order valence-corrected chi connectivity index (χ3v) is 6.04. The summed E-state index contributed by atoms with van der Waals surface area (Å²) in [5.41, 5.74) is 4.86. The molecule has 1 saturated heterocycles. The van der Waals surface area contributed by atoms with Crippen LogP contribution in [0.15, 0.2) is 48.9 Å². The van der Waals surface area contributed by atoms with Gasteiger partial charge in [-0.3, -0.25) is 20.0 Å². The average molecular weight is 502 g/mol. The molecule has 0 radical (unpaired) electrons. The normalized spacial score (nSPS) is 13.9. The minimum atomic E-state index is -0.337. The van der Waals surface area contributed by atoms with E-state index in [-0.39, 0.29) is 19.4 Å². The highest BCUT2D eigenvalue weighted by molar-refractivity contribution is 5.97. The zero-order valence-corrected chi connectivity index (χ0v) is 20.2. The van der Waals surface area contributed by atoms with Gasteiger partial charge in [0.15, 0.2) is 5.82 Å². The summed E-state index contributed by atoms with van der Waals surface area (Å²) in [5.74, 6) is 0.993. The van der Waals surface area contributed by atoms with Crippen molar-refractivity contribution in [2.75, 3.05) is 38.5 Å². The van der Waals surface area contributed by atoms with Gasteiger partial charge in [-0.2, -0.15) is 0 Å². The van der Waals surface area contributed by atoms with E-state index < -0.39 is 0 Å². The van der Waals surface area contributed by atoms with Crippen LogP contribution in [0.3, 0.4) is 0 Å². The monoisotopic (exact) mass is 501 g/mol. The summed E-state index contributed by atoms with van der Waals surface area (Å²) < 4.78 is 0. The van der Waals surface area contributed by atoms with E-state index in [4.69, 9.17) is 0 Å². The standard InChI is InChI=1S/C25H27N9O2.CH4/c1-3-26-25(36)32-24-30-20-12-17(11-19(22(20)31-24)23-27-7-4-8-28-23)16-5-6-18(29-13-16)14-34-10-9-33(2)21(35)15-34;/h4-8,11-13H,3,9-10,14-15H2,1-2H3,(H3,26,30,31,32,36);1H4. The molecule has 4 heterocycles. The van der Waals surface area contributed by atoms with Crippen molar-refractivity contribution < 1.29 is 9.59 Å². The van der Waals surface area contributed by atoms with Crippen LogP contribution in [0.25, 0.3) is 33.5 Å². The Morgan fingerprint density at radius 2 is 1.92 bits per heavy atom. The number of carbonyl (C=O) groups excluding carboxylic acids is 2. The number of fused-ring (bicyclic) bond motifs is 1. The van der Waals surface area contributed by atoms with Crippen molar-refractivity contribution >= 4 is 28.9 Å². The van der Waals surface area contributed by atoms with Gasteiger partial charge >= 0.3 is 6.03 Å². The number of hydrogen-bond acceptors (Lipinski definition) is 7. The smallest absolute Gasteiger partial charge is 0.321 e. The van der Waals surface area contributed by atoms with Crippen LogP contribution in [0.1, 0.15) is 20.0 Å². The summed E-state index contributed by atoms with van der Waals surface area (Å²) in [6.45, 7) is 4.94. The topological polar surface area (TPSA) is 132 Å². The van der Waals surface area contributed by atoms with Crippen LogP contribution in [0.5, 0.6) is 0 Å². The number of imidazole rings is 1. The first-order valence-corrected chi connectivity index (χ1v) is 11.8. The molecule has 3 N–H and O–H groups in total. The van der Waals surface area contributed by atoms with Crippen molar-refractivity contribution in [3.05, 3.63) is 54.6 Å². The highest BCUT2D eigenvalue weighted by Gasteiger charge is 2.21. The Kier molecular flexibility index (Phi) is 7.73. The fourth-order valence-corrected chi connectivity index (χ4v) is 4.12. The molecule has 11 heteroatoms. The second kappa shape index (κ2) is 11.1. The molecule has 0 bridgehead atoms. The fraction of sp³-hybridized carbons (Fsp3) is 0.308. The van der Waals surface area contributed by atoms with Crippen LogP contribution in [-0.2, 0) is 11.3 Å². The van der Waals surface area contributed by atoms with Gasteiger partial charge in [0.2, 0.25) is 11.9 Å². The van der Waals surface area contributed by atoms with E-state index in [0.29, 0.717) is 36.9 Å². The fourth-order valence-electron chi connectivity index (χ4n) is 4.12. The van der Waals surface area contributed by atoms with E-state index in [2.05, 4.69) is 40.5 Å². The van der Waals surface area contributed by atoms with Gasteiger partial charge in [0, 0.05) is 62.9 Å². The molecular weight excluding hydrogens is 470 g/mol. The van der Waals surface area contributed by atoms with Crippen molar-refractivity contribution in [3.8, 4) is 22.5 Å². The number of aromatic amines is 1. The molecule has 3 aromatic heterocycles. The number of aromatic nitrogens is 5. The van der Waals surface area contributed by atoms with Gasteiger partial charge in [0.25, 0.3) is 0 Å². The number of pyridine rings is 1. The molecule has 37 heavy (non-hydrogen) atoms. The van der Waals surface area contributed by atoms with Gasteiger partial charge in [-0.1, -0.05) is 13.5 Å². The Hall–Kier alpha value is -4.38. The summed E-state index contributed by atoms with van der Waals surface area (Å²) >= 11 is 0. The quantitative estimate of drug-likeness (QED) is 0.370. The highest BCUT2D eigenvalue weighted by atomic mass is 16.2. The summed E-state index contributed by atoms with van der Waals surface area (Å²) in [7, 11) is 1.83. The predicted octanol–water partition coefficient (Wildman–Crippen LogP) is 3.13. The molecule has 3 amide bonds. The molecule has 0 atom stereocenters. The molecule has 1 aliphatic heterocycles. The lowest BCUT2D eigenvalue weighted by atomic mass is 10.0. The van der Waals surface area contributed by atoms with Crippen LogP contribution in [0.2, 0.25) is 0 Å². The predicted molar refractivity (Wildman–Crippen MR) is 143 cm³/mol. The summed E-state index contributed by atoms with van der Waals surface area (Å²) in [5, 5.41) is 5.41. The number of urea groups is 1. The molecule has 0 aliphatic carbocycles. The molecule has 11 nitrogen and oxygen atoms in total. The summed E-state index contributed by atoms with van der Waals surface area (Å²) in [6, 6.07) is 9.36. The summed E-state index contributed by atoms with van der Waals surface area (Å²) in [4.78, 5) is 49.1. The van der Waals surface area contributed by atoms with Gasteiger partial charge < -0.3 is 15.2 Å². The number of H-pyrrole nitrogens is 1. The van der Waals surface area contributed by atoms with Gasteiger partial charge in [-0.05, 0) is 36.8 Å². The Labute approximate surface area is 215 Å². The van der Waals surface area contributed by atoms with E-state index in [1.807, 2.05) is 44.4 Å². The average Bonchev–Trinajstić information content (AvgIpc) is 3.29. The van der Waals surface area contributed by atoms with Gasteiger partial charge in [-0.25, -0.2) is 19.7 Å². The Bertz CT molecular complexity index is 1390. The first-order chi connectivity index (χ1) is 17.5. The van der Waals surface area contributed by atoms with Gasteiger partial charge in [-0.15, -0.1) is 0 Å². The number of anilines is 1. The first-order valence-electron chi connectivity index (χ1n) is 11.8. The van der Waals surface area contributed by atoms with E-state index in [1.54, 1.807) is 23.4 Å². The van der Waals surface area contributed by atoms with Crippen LogP contribution in [-0.4, -0.2) is 79.9 Å². The van der Waals surface area contributed by atoms with E-state index in [0.717, 1.165) is 41.0 Å². The zero-order valence-electron chi connectivity index (χ0n) is 20.2.